The van der Waals surface area contributed by atoms with E-state index in [-0.39, 0.29) is 24.2 Å². The predicted molar refractivity (Wildman–Crippen MR) is 121 cm³/mol. The Bertz CT molecular complexity index is 1220. The molecule has 2 aromatic carbocycles. The molecule has 0 saturated carbocycles. The predicted octanol–water partition coefficient (Wildman–Crippen LogP) is 3.28. The van der Waals surface area contributed by atoms with Crippen molar-refractivity contribution in [2.45, 2.75) is 25.9 Å². The monoisotopic (exact) mass is 448 g/mol. The summed E-state index contributed by atoms with van der Waals surface area (Å²) in [7, 11) is 0. The van der Waals surface area contributed by atoms with Gasteiger partial charge in [-0.25, -0.2) is 9.07 Å². The zero-order valence-corrected chi connectivity index (χ0v) is 18.6. The van der Waals surface area contributed by atoms with Crippen molar-refractivity contribution in [3.63, 3.8) is 0 Å². The fourth-order valence-corrected chi connectivity index (χ4v) is 4.68. The maximum Gasteiger partial charge on any atom is 0.254 e. The molecule has 1 atom stereocenters. The van der Waals surface area contributed by atoms with Gasteiger partial charge in [0.2, 0.25) is 0 Å². The summed E-state index contributed by atoms with van der Waals surface area (Å²) in [5.74, 6) is -0.604. The first-order valence-corrected chi connectivity index (χ1v) is 11.0. The van der Waals surface area contributed by atoms with Gasteiger partial charge >= 0.3 is 0 Å². The smallest absolute Gasteiger partial charge is 0.254 e. The highest BCUT2D eigenvalue weighted by atomic mass is 19.1. The number of likely N-dealkylation sites (tertiary alicyclic amines) is 1. The molecule has 0 bridgehead atoms. The fourth-order valence-electron chi connectivity index (χ4n) is 4.68. The zero-order valence-electron chi connectivity index (χ0n) is 18.6. The fraction of sp³-hybridized carbons (Fsp3) is 0.320. The van der Waals surface area contributed by atoms with Crippen LogP contribution >= 0.6 is 0 Å². The molecular formula is C25H25FN4O3. The summed E-state index contributed by atoms with van der Waals surface area (Å²) in [6, 6.07) is 15.3. The van der Waals surface area contributed by atoms with Crippen molar-refractivity contribution < 1.29 is 18.7 Å². The highest BCUT2D eigenvalue weighted by Crippen LogP contribution is 2.33. The first-order valence-electron chi connectivity index (χ1n) is 11.0. The van der Waals surface area contributed by atoms with Crippen molar-refractivity contribution >= 4 is 17.5 Å². The Labute approximate surface area is 191 Å². The summed E-state index contributed by atoms with van der Waals surface area (Å²) in [4.78, 5) is 29.2. The van der Waals surface area contributed by atoms with E-state index in [1.807, 2.05) is 42.8 Å². The lowest BCUT2D eigenvalue weighted by molar-refractivity contribution is -0.137. The molecule has 33 heavy (non-hydrogen) atoms. The Morgan fingerprint density at radius 2 is 1.85 bits per heavy atom. The average Bonchev–Trinajstić information content (AvgIpc) is 3.38. The van der Waals surface area contributed by atoms with Gasteiger partial charge in [-0.05, 0) is 68.8 Å². The van der Waals surface area contributed by atoms with E-state index in [1.54, 1.807) is 28.0 Å². The number of anilines is 1. The molecule has 0 unspecified atom stereocenters. The minimum absolute atomic E-state index is 0.0627. The molecule has 2 saturated heterocycles. The molecule has 0 aliphatic carbocycles. The summed E-state index contributed by atoms with van der Waals surface area (Å²) >= 11 is 0. The molecule has 5 rings (SSSR count). The maximum absolute atomic E-state index is 13.3. The van der Waals surface area contributed by atoms with Gasteiger partial charge in [0.1, 0.15) is 18.0 Å². The number of hydrogen-bond donors (Lipinski definition) is 0. The number of aryl methyl sites for hydroxylation is 2. The minimum atomic E-state index is -0.634. The van der Waals surface area contributed by atoms with Crippen molar-refractivity contribution in [1.29, 1.82) is 0 Å². The van der Waals surface area contributed by atoms with E-state index in [9.17, 15) is 14.0 Å². The van der Waals surface area contributed by atoms with Crippen molar-refractivity contribution in [1.82, 2.24) is 14.7 Å². The molecule has 2 amide bonds. The number of ether oxygens (including phenoxy) is 1. The van der Waals surface area contributed by atoms with Crippen LogP contribution in [0.2, 0.25) is 0 Å². The van der Waals surface area contributed by atoms with Gasteiger partial charge in [-0.15, -0.1) is 0 Å². The van der Waals surface area contributed by atoms with Gasteiger partial charge in [0.05, 0.1) is 24.5 Å². The largest absolute Gasteiger partial charge is 0.361 e. The van der Waals surface area contributed by atoms with Crippen LogP contribution in [0.3, 0.4) is 0 Å². The van der Waals surface area contributed by atoms with Gasteiger partial charge < -0.3 is 14.5 Å². The zero-order chi connectivity index (χ0) is 23.2. The number of carbonyl (C=O) groups excluding carboxylic acids is 2. The lowest BCUT2D eigenvalue weighted by Crippen LogP contribution is -2.56. The third-order valence-corrected chi connectivity index (χ3v) is 6.34. The number of aromatic nitrogens is 2. The lowest BCUT2D eigenvalue weighted by Gasteiger charge is -2.40. The van der Waals surface area contributed by atoms with Crippen LogP contribution in [0.1, 0.15) is 28.2 Å². The topological polar surface area (TPSA) is 67.7 Å². The summed E-state index contributed by atoms with van der Waals surface area (Å²) in [6.45, 7) is 5.11. The molecule has 3 heterocycles. The van der Waals surface area contributed by atoms with Crippen molar-refractivity contribution in [2.75, 3.05) is 31.1 Å². The van der Waals surface area contributed by atoms with E-state index in [2.05, 4.69) is 5.10 Å². The second kappa shape index (κ2) is 8.12. The van der Waals surface area contributed by atoms with E-state index >= 15 is 0 Å². The van der Waals surface area contributed by atoms with Crippen LogP contribution in [-0.2, 0) is 9.53 Å². The van der Waals surface area contributed by atoms with E-state index in [4.69, 9.17) is 4.74 Å². The van der Waals surface area contributed by atoms with Gasteiger partial charge in [-0.2, -0.15) is 5.10 Å². The summed E-state index contributed by atoms with van der Waals surface area (Å²) < 4.78 is 21.1. The number of amides is 2. The normalized spacial score (nSPS) is 20.6. The third kappa shape index (κ3) is 4.02. The van der Waals surface area contributed by atoms with Crippen LogP contribution in [0.5, 0.6) is 0 Å². The van der Waals surface area contributed by atoms with Crippen LogP contribution < -0.4 is 4.90 Å². The van der Waals surface area contributed by atoms with Crippen LogP contribution in [0.15, 0.2) is 54.6 Å². The van der Waals surface area contributed by atoms with Crippen LogP contribution in [0, 0.1) is 19.7 Å². The molecule has 1 spiro atoms. The molecule has 2 aliphatic heterocycles. The number of nitrogens with zero attached hydrogens (tertiary/aromatic N) is 4. The van der Waals surface area contributed by atoms with Crippen molar-refractivity contribution in [3.05, 3.63) is 77.4 Å². The van der Waals surface area contributed by atoms with E-state index in [1.165, 1.54) is 12.1 Å². The van der Waals surface area contributed by atoms with Crippen molar-refractivity contribution in [3.8, 4) is 5.69 Å². The molecule has 0 N–H and O–H groups in total. The third-order valence-electron chi connectivity index (χ3n) is 6.34. The summed E-state index contributed by atoms with van der Waals surface area (Å²) in [5, 5.41) is 4.51. The maximum atomic E-state index is 13.3. The standard InChI is InChI=1S/C25H25FN4O3/c1-17-12-18(2)30(27-17)22-5-3-4-19(13-22)24(32)28-11-10-25(15-28)16-29(23(31)14-33-25)21-8-6-20(26)7-9-21/h3-9,12-13H,10-11,14-16H2,1-2H3/t25-/m0/s1. The van der Waals surface area contributed by atoms with E-state index < -0.39 is 5.60 Å². The van der Waals surface area contributed by atoms with Gasteiger partial charge in [-0.1, -0.05) is 6.07 Å². The molecule has 2 fully saturated rings. The summed E-state index contributed by atoms with van der Waals surface area (Å²) in [6.07, 6.45) is 0.626. The SMILES string of the molecule is Cc1cc(C)n(-c2cccc(C(=O)N3CC[C@]4(C3)CN(c3ccc(F)cc3)C(=O)CO4)c2)n1. The molecule has 7 nitrogen and oxygen atoms in total. The Balaban J connectivity index is 1.34. The van der Waals surface area contributed by atoms with Gasteiger partial charge in [-0.3, -0.25) is 9.59 Å². The molecule has 2 aliphatic rings. The lowest BCUT2D eigenvalue weighted by atomic mass is 10.00. The highest BCUT2D eigenvalue weighted by molar-refractivity contribution is 5.96. The van der Waals surface area contributed by atoms with Crippen LogP contribution in [-0.4, -0.2) is 58.3 Å². The number of carbonyl (C=O) groups is 2. The quantitative estimate of drug-likeness (QED) is 0.617. The number of morpholine rings is 1. The molecule has 170 valence electrons. The van der Waals surface area contributed by atoms with Crippen LogP contribution in [0.4, 0.5) is 10.1 Å². The molecule has 8 heteroatoms. The van der Waals surface area contributed by atoms with E-state index in [0.29, 0.717) is 37.3 Å². The second-order valence-electron chi connectivity index (χ2n) is 8.79. The minimum Gasteiger partial charge on any atom is -0.361 e. The molecule has 1 aromatic heterocycles. The van der Waals surface area contributed by atoms with Crippen molar-refractivity contribution in [2.24, 2.45) is 0 Å². The average molecular weight is 448 g/mol. The number of halogens is 1. The molecule has 3 aromatic rings. The first-order chi connectivity index (χ1) is 15.8. The first kappa shape index (κ1) is 21.3. The summed E-state index contributed by atoms with van der Waals surface area (Å²) in [5.41, 5.74) is 3.33. The Kier molecular flexibility index (Phi) is 5.25. The number of rotatable bonds is 3. The Morgan fingerprint density at radius 1 is 1.06 bits per heavy atom. The van der Waals surface area contributed by atoms with Crippen LogP contribution in [0.25, 0.3) is 5.69 Å². The van der Waals surface area contributed by atoms with Gasteiger partial charge in [0.15, 0.2) is 0 Å². The second-order valence-corrected chi connectivity index (χ2v) is 8.79. The number of benzene rings is 2. The highest BCUT2D eigenvalue weighted by Gasteiger charge is 2.46. The van der Waals surface area contributed by atoms with Gasteiger partial charge in [0, 0.05) is 23.5 Å². The molecule has 0 radical (unpaired) electrons. The van der Waals surface area contributed by atoms with E-state index in [0.717, 1.165) is 17.1 Å². The molecular weight excluding hydrogens is 423 g/mol. The number of hydrogen-bond acceptors (Lipinski definition) is 4. The van der Waals surface area contributed by atoms with Gasteiger partial charge in [0.25, 0.3) is 11.8 Å². The Morgan fingerprint density at radius 3 is 2.58 bits per heavy atom. The Hall–Kier alpha value is -3.52.